The topological polar surface area (TPSA) is 192 Å². The molecule has 0 radical (unpaired) electrons. The molecular weight excluding hydrogens is 485 g/mol. The van der Waals surface area contributed by atoms with Crippen molar-refractivity contribution in [3.63, 3.8) is 0 Å². The Balaban J connectivity index is 1.87. The predicted molar refractivity (Wildman–Crippen MR) is 111 cm³/mol. The number of hydrogen-bond acceptors (Lipinski definition) is 11. The molecule has 1 fully saturated rings. The summed E-state index contributed by atoms with van der Waals surface area (Å²) in [6, 6.07) is 3.82. The van der Waals surface area contributed by atoms with Crippen LogP contribution in [0.15, 0.2) is 34.1 Å². The maximum atomic E-state index is 14.1. The Morgan fingerprint density at radius 2 is 1.67 bits per heavy atom. The average molecular weight is 501 g/mol. The minimum absolute atomic E-state index is 0.0335. The first-order valence-corrected chi connectivity index (χ1v) is 12.1. The van der Waals surface area contributed by atoms with Gasteiger partial charge in [-0.15, -0.1) is 0 Å². The third kappa shape index (κ3) is 4.79. The van der Waals surface area contributed by atoms with E-state index < -0.39 is 53.2 Å². The van der Waals surface area contributed by atoms with Gasteiger partial charge < -0.3 is 20.1 Å². The normalized spacial score (nSPS) is 15.1. The molecule has 0 aliphatic carbocycles. The van der Waals surface area contributed by atoms with E-state index in [0.29, 0.717) is 32.4 Å². The zero-order valence-corrected chi connectivity index (χ0v) is 18.1. The van der Waals surface area contributed by atoms with Gasteiger partial charge in [0.25, 0.3) is 20.2 Å². The number of rotatable bonds is 5. The van der Waals surface area contributed by atoms with Gasteiger partial charge >= 0.3 is 6.08 Å². The molecule has 1 saturated heterocycles. The van der Waals surface area contributed by atoms with E-state index in [-0.39, 0.29) is 17.0 Å². The van der Waals surface area contributed by atoms with E-state index in [4.69, 9.17) is 4.74 Å². The van der Waals surface area contributed by atoms with Crippen molar-refractivity contribution in [2.75, 3.05) is 36.5 Å². The van der Waals surface area contributed by atoms with E-state index >= 15 is 0 Å². The molecule has 0 bridgehead atoms. The fourth-order valence-electron chi connectivity index (χ4n) is 3.31. The molecule has 0 amide bonds. The fourth-order valence-corrected chi connectivity index (χ4v) is 4.68. The van der Waals surface area contributed by atoms with Crippen LogP contribution in [0.4, 0.5) is 22.0 Å². The molecule has 1 aromatic heterocycles. The Hall–Kier alpha value is -3.18. The number of aromatic nitrogens is 3. The highest BCUT2D eigenvalue weighted by Gasteiger charge is 2.25. The van der Waals surface area contributed by atoms with Crippen LogP contribution in [0, 0.1) is 6.08 Å². The Morgan fingerprint density at radius 3 is 2.30 bits per heavy atom. The van der Waals surface area contributed by atoms with E-state index in [1.165, 1.54) is 6.07 Å². The van der Waals surface area contributed by atoms with Gasteiger partial charge in [0.1, 0.15) is 10.6 Å². The number of anilines is 3. The summed E-state index contributed by atoms with van der Waals surface area (Å²) in [6.07, 6.45) is -1.16. The maximum absolute atomic E-state index is 14.1. The summed E-state index contributed by atoms with van der Waals surface area (Å²) in [4.78, 5) is 11.1. The molecule has 0 saturated carbocycles. The summed E-state index contributed by atoms with van der Waals surface area (Å²) in [5, 5.41) is 12.0. The second-order valence-corrected chi connectivity index (χ2v) is 9.66. The van der Waals surface area contributed by atoms with Crippen molar-refractivity contribution in [2.24, 2.45) is 0 Å². The second kappa shape index (κ2) is 8.31. The van der Waals surface area contributed by atoms with Crippen molar-refractivity contribution in [1.29, 1.82) is 0 Å². The Kier molecular flexibility index (Phi) is 5.79. The van der Waals surface area contributed by atoms with Gasteiger partial charge in [-0.25, -0.2) is 0 Å². The van der Waals surface area contributed by atoms with Gasteiger partial charge in [-0.2, -0.15) is 36.2 Å². The number of halogens is 1. The number of phenols is 1. The lowest BCUT2D eigenvalue weighted by atomic mass is 10.1. The molecule has 1 aliphatic heterocycles. The first-order chi connectivity index (χ1) is 15.4. The zero-order chi connectivity index (χ0) is 24.0. The molecule has 1 aliphatic rings. The van der Waals surface area contributed by atoms with E-state index in [1.807, 2.05) is 0 Å². The van der Waals surface area contributed by atoms with E-state index in [1.54, 1.807) is 4.90 Å². The molecule has 176 valence electrons. The zero-order valence-electron chi connectivity index (χ0n) is 16.5. The molecular formula is C17H16FN5O8S2. The number of phenolic OH excluding ortho intramolecular Hbond substituents is 1. The van der Waals surface area contributed by atoms with Gasteiger partial charge in [-0.05, 0) is 18.2 Å². The smallest absolute Gasteiger partial charge is 0.315 e. The summed E-state index contributed by atoms with van der Waals surface area (Å²) in [7, 11) is -9.87. The molecule has 4 N–H and O–H groups in total. The van der Waals surface area contributed by atoms with Crippen LogP contribution in [0.25, 0.3) is 10.8 Å². The summed E-state index contributed by atoms with van der Waals surface area (Å²) in [6.45, 7) is 1.50. The number of benzene rings is 2. The van der Waals surface area contributed by atoms with Crippen LogP contribution in [0.3, 0.4) is 0 Å². The first kappa shape index (κ1) is 23.0. The molecule has 0 spiro atoms. The molecule has 2 heterocycles. The number of nitrogens with zero attached hydrogens (tertiary/aromatic N) is 4. The molecule has 13 nitrogen and oxygen atoms in total. The molecule has 0 unspecified atom stereocenters. The highest BCUT2D eigenvalue weighted by molar-refractivity contribution is 7.86. The molecule has 0 atom stereocenters. The fraction of sp³-hybridized carbons (Fsp3) is 0.235. The largest absolute Gasteiger partial charge is 0.507 e. The van der Waals surface area contributed by atoms with E-state index in [9.17, 15) is 35.4 Å². The van der Waals surface area contributed by atoms with Crippen LogP contribution in [0.5, 0.6) is 5.75 Å². The van der Waals surface area contributed by atoms with Gasteiger partial charge in [0.15, 0.2) is 0 Å². The number of hydrogen-bond donors (Lipinski definition) is 4. The molecule has 33 heavy (non-hydrogen) atoms. The van der Waals surface area contributed by atoms with Gasteiger partial charge in [0, 0.05) is 29.9 Å². The van der Waals surface area contributed by atoms with Crippen LogP contribution >= 0.6 is 0 Å². The lowest BCUT2D eigenvalue weighted by molar-refractivity contribution is 0.122. The number of morpholine rings is 1. The highest BCUT2D eigenvalue weighted by atomic mass is 32.2. The van der Waals surface area contributed by atoms with Crippen molar-refractivity contribution in [2.45, 2.75) is 9.79 Å². The van der Waals surface area contributed by atoms with Gasteiger partial charge in [0.2, 0.25) is 11.9 Å². The summed E-state index contributed by atoms with van der Waals surface area (Å²) in [5.41, 5.74) is -0.351. The Morgan fingerprint density at radius 1 is 0.970 bits per heavy atom. The maximum Gasteiger partial charge on any atom is 0.315 e. The minimum Gasteiger partial charge on any atom is -0.507 e. The van der Waals surface area contributed by atoms with E-state index in [2.05, 4.69) is 20.3 Å². The number of fused-ring (bicyclic) bond motifs is 1. The summed E-state index contributed by atoms with van der Waals surface area (Å²) in [5.74, 6) is -1.10. The number of aromatic hydroxyl groups is 1. The third-order valence-corrected chi connectivity index (χ3v) is 6.52. The van der Waals surface area contributed by atoms with Crippen molar-refractivity contribution in [3.8, 4) is 5.75 Å². The lowest BCUT2D eigenvalue weighted by Crippen LogP contribution is -2.37. The van der Waals surface area contributed by atoms with Crippen molar-refractivity contribution < 1.29 is 40.2 Å². The van der Waals surface area contributed by atoms with Crippen molar-refractivity contribution in [3.05, 3.63) is 30.3 Å². The van der Waals surface area contributed by atoms with Crippen LogP contribution < -0.4 is 10.2 Å². The minimum atomic E-state index is -5.04. The number of ether oxygens (including phenoxy) is 1. The molecule has 3 aromatic rings. The Labute approximate surface area is 186 Å². The third-order valence-electron chi connectivity index (χ3n) is 4.73. The van der Waals surface area contributed by atoms with E-state index in [0.717, 1.165) is 12.1 Å². The average Bonchev–Trinajstić information content (AvgIpc) is 2.72. The molecule has 2 aromatic carbocycles. The second-order valence-electron chi connectivity index (χ2n) is 6.88. The SMILES string of the molecule is O=S(=O)(O)c1cc(O)c2ccc(Nc3nc(F)nc(N4CCOCC4)n3)c(S(=O)(=O)O)c2c1. The van der Waals surface area contributed by atoms with Crippen LogP contribution in [-0.4, -0.2) is 72.3 Å². The van der Waals surface area contributed by atoms with Gasteiger partial charge in [-0.1, -0.05) is 0 Å². The van der Waals surface area contributed by atoms with Crippen molar-refractivity contribution in [1.82, 2.24) is 15.0 Å². The standard InChI is InChI=1S/C17H16FN5O8S2/c18-15-20-16(22-17(21-15)23-3-5-31-6-4-23)19-12-2-1-10-11(14(12)33(28,29)30)7-9(8-13(10)24)32(25,26)27/h1-2,7-8,24H,3-6H2,(H,25,26,27)(H,28,29,30)(H,19,20,21,22). The van der Waals surface area contributed by atoms with Crippen molar-refractivity contribution >= 4 is 48.6 Å². The van der Waals surface area contributed by atoms with Crippen LogP contribution in [0.2, 0.25) is 0 Å². The highest BCUT2D eigenvalue weighted by Crippen LogP contribution is 2.37. The number of nitrogens with one attached hydrogen (secondary N) is 1. The summed E-state index contributed by atoms with van der Waals surface area (Å²) >= 11 is 0. The van der Waals surface area contributed by atoms with Gasteiger partial charge in [0.05, 0.1) is 23.8 Å². The predicted octanol–water partition coefficient (Wildman–Crippen LogP) is 0.943. The monoisotopic (exact) mass is 501 g/mol. The summed E-state index contributed by atoms with van der Waals surface area (Å²) < 4.78 is 85.8. The van der Waals surface area contributed by atoms with Gasteiger partial charge in [-0.3, -0.25) is 9.11 Å². The lowest BCUT2D eigenvalue weighted by Gasteiger charge is -2.26. The molecule has 16 heteroatoms. The van der Waals surface area contributed by atoms with Crippen LogP contribution in [0.1, 0.15) is 0 Å². The van der Waals surface area contributed by atoms with Crippen LogP contribution in [-0.2, 0) is 25.0 Å². The quantitative estimate of drug-likeness (QED) is 0.361. The molecule has 4 rings (SSSR count). The Bertz CT molecular complexity index is 1460. The first-order valence-electron chi connectivity index (χ1n) is 9.19.